The van der Waals surface area contributed by atoms with Crippen LogP contribution in [0.25, 0.3) is 100 Å². The van der Waals surface area contributed by atoms with Gasteiger partial charge in [0, 0.05) is 23.2 Å². The molecule has 0 atom stereocenters. The molecule has 0 radical (unpaired) electrons. The van der Waals surface area contributed by atoms with E-state index in [1.54, 1.807) is 0 Å². The first-order valence-corrected chi connectivity index (χ1v) is 20.3. The summed E-state index contributed by atoms with van der Waals surface area (Å²) in [5.41, 5.74) is 16.1. The highest BCUT2D eigenvalue weighted by Gasteiger charge is 2.18. The monoisotopic (exact) mass is 748 g/mol. The second-order valence-electron chi connectivity index (χ2n) is 15.8. The maximum atomic E-state index is 5.20. The van der Waals surface area contributed by atoms with E-state index >= 15 is 0 Å². The molecule has 0 saturated carbocycles. The van der Waals surface area contributed by atoms with Crippen molar-refractivity contribution in [1.29, 1.82) is 0 Å². The van der Waals surface area contributed by atoms with Crippen molar-refractivity contribution in [3.05, 3.63) is 182 Å². The summed E-state index contributed by atoms with van der Waals surface area (Å²) >= 11 is 0. The Hall–Kier alpha value is -7.04. The minimum Gasteiger partial charge on any atom is -0.321 e. The number of rotatable bonds is 8. The highest BCUT2D eigenvalue weighted by Crippen LogP contribution is 2.37. The summed E-state index contributed by atoms with van der Waals surface area (Å²) in [5.74, 6) is 1.99. The molecule has 0 fully saturated rings. The van der Waals surface area contributed by atoms with Gasteiger partial charge >= 0.3 is 0 Å². The third-order valence-electron chi connectivity index (χ3n) is 11.4. The zero-order valence-electron chi connectivity index (χ0n) is 33.3. The molecule has 4 nitrogen and oxygen atoms in total. The molecule has 0 aliphatic heterocycles. The number of aromatic nitrogens is 4. The highest BCUT2D eigenvalue weighted by molar-refractivity contribution is 5.99. The van der Waals surface area contributed by atoms with E-state index < -0.39 is 0 Å². The Kier molecular flexibility index (Phi) is 8.83. The number of hydrogen-bond acceptors (Lipinski definition) is 2. The lowest BCUT2D eigenvalue weighted by molar-refractivity contribution is 0.624. The summed E-state index contributed by atoms with van der Waals surface area (Å²) in [6.07, 6.45) is 0. The van der Waals surface area contributed by atoms with E-state index in [1.165, 1.54) is 55.3 Å². The largest absolute Gasteiger partial charge is 0.321 e. The molecule has 4 heteroatoms. The molecule has 2 aromatic heterocycles. The van der Waals surface area contributed by atoms with E-state index in [4.69, 9.17) is 9.97 Å². The van der Waals surface area contributed by atoms with Crippen molar-refractivity contribution in [1.82, 2.24) is 19.1 Å². The Labute approximate surface area is 339 Å². The van der Waals surface area contributed by atoms with Crippen LogP contribution < -0.4 is 0 Å². The quantitative estimate of drug-likeness (QED) is 0.155. The molecule has 0 unspecified atom stereocenters. The van der Waals surface area contributed by atoms with Gasteiger partial charge in [-0.25, -0.2) is 9.97 Å². The molecular weight excluding hydrogens is 705 g/mol. The third-order valence-corrected chi connectivity index (χ3v) is 11.4. The van der Waals surface area contributed by atoms with Crippen LogP contribution in [0.4, 0.5) is 0 Å². The average Bonchev–Trinajstić information content (AvgIpc) is 3.86. The van der Waals surface area contributed by atoms with Crippen molar-refractivity contribution in [2.24, 2.45) is 0 Å². The first-order chi connectivity index (χ1) is 28.4. The summed E-state index contributed by atoms with van der Waals surface area (Å²) in [6, 6.07) is 66.1. The molecule has 8 aromatic carbocycles. The Morgan fingerprint density at radius 2 is 0.759 bits per heavy atom. The molecule has 58 heavy (non-hydrogen) atoms. The van der Waals surface area contributed by atoms with Gasteiger partial charge in [-0.1, -0.05) is 152 Å². The summed E-state index contributed by atoms with van der Waals surface area (Å²) in [5, 5.41) is 2.45. The normalized spacial score (nSPS) is 11.8. The molecule has 0 aliphatic rings. The average molecular weight is 749 g/mol. The maximum absolute atomic E-state index is 5.20. The maximum Gasteiger partial charge on any atom is 0.141 e. The van der Waals surface area contributed by atoms with Crippen LogP contribution in [0.1, 0.15) is 39.8 Å². The minimum absolute atomic E-state index is 0.266. The van der Waals surface area contributed by atoms with Gasteiger partial charge in [-0.2, -0.15) is 0 Å². The molecule has 0 saturated heterocycles. The van der Waals surface area contributed by atoms with Gasteiger partial charge in [-0.15, -0.1) is 0 Å². The van der Waals surface area contributed by atoms with Crippen LogP contribution in [0.5, 0.6) is 0 Å². The van der Waals surface area contributed by atoms with Gasteiger partial charge in [0.05, 0.1) is 22.1 Å². The number of nitrogens with zero attached hydrogens (tertiary/aromatic N) is 4. The summed E-state index contributed by atoms with van der Waals surface area (Å²) < 4.78 is 4.71. The van der Waals surface area contributed by atoms with Crippen LogP contribution in [-0.4, -0.2) is 19.1 Å². The molecule has 10 aromatic rings. The summed E-state index contributed by atoms with van der Waals surface area (Å²) in [7, 11) is 0. The molecule has 0 amide bonds. The third kappa shape index (κ3) is 6.28. The van der Waals surface area contributed by atoms with Crippen LogP contribution in [0.15, 0.2) is 182 Å². The predicted octanol–water partition coefficient (Wildman–Crippen LogP) is 14.7. The molecule has 0 spiro atoms. The van der Waals surface area contributed by atoms with Crippen molar-refractivity contribution in [2.45, 2.75) is 39.8 Å². The van der Waals surface area contributed by atoms with Crippen molar-refractivity contribution >= 4 is 32.8 Å². The number of fused-ring (bicyclic) bond motifs is 3. The lowest BCUT2D eigenvalue weighted by atomic mass is 9.94. The fraction of sp³-hybridized carbons (Fsp3) is 0.111. The molecule has 2 heterocycles. The standard InChI is InChI=1S/C54H44N4/c1-35(2)57-51-30-27-44(37-12-7-5-8-13-37)33-49(51)55-53(57)41-22-18-39(19-23-41)43-26-29-48-46(32-43)16-11-17-47(48)40-20-24-42(25-21-40)54-56-50-34-45(38-14-9-6-10-15-38)28-31-52(50)58(54)36(3)4/h5-36H,1-4H3. The lowest BCUT2D eigenvalue weighted by Gasteiger charge is -2.14. The highest BCUT2D eigenvalue weighted by atomic mass is 15.1. The lowest BCUT2D eigenvalue weighted by Crippen LogP contribution is -2.03. The number of benzene rings is 8. The van der Waals surface area contributed by atoms with E-state index in [9.17, 15) is 0 Å². The topological polar surface area (TPSA) is 35.6 Å². The van der Waals surface area contributed by atoms with Crippen LogP contribution in [0.2, 0.25) is 0 Å². The predicted molar refractivity (Wildman–Crippen MR) is 244 cm³/mol. The summed E-state index contributed by atoms with van der Waals surface area (Å²) in [4.78, 5) is 10.4. The zero-order chi connectivity index (χ0) is 39.3. The van der Waals surface area contributed by atoms with Crippen LogP contribution in [0, 0.1) is 0 Å². The molecule has 280 valence electrons. The van der Waals surface area contributed by atoms with Crippen molar-refractivity contribution < 1.29 is 0 Å². The fourth-order valence-electron chi connectivity index (χ4n) is 8.60. The number of imidazole rings is 2. The van der Waals surface area contributed by atoms with Crippen molar-refractivity contribution in [3.8, 4) is 67.3 Å². The Bertz CT molecular complexity index is 3080. The van der Waals surface area contributed by atoms with Crippen LogP contribution in [-0.2, 0) is 0 Å². The second-order valence-corrected chi connectivity index (χ2v) is 15.8. The molecular formula is C54H44N4. The second kappa shape index (κ2) is 14.5. The number of hydrogen-bond donors (Lipinski definition) is 0. The Morgan fingerprint density at radius 1 is 0.345 bits per heavy atom. The van der Waals surface area contributed by atoms with Gasteiger partial charge in [0.2, 0.25) is 0 Å². The van der Waals surface area contributed by atoms with E-state index in [-0.39, 0.29) is 12.1 Å². The summed E-state index contributed by atoms with van der Waals surface area (Å²) in [6.45, 7) is 8.92. The molecule has 0 N–H and O–H groups in total. The minimum atomic E-state index is 0.266. The van der Waals surface area contributed by atoms with E-state index in [0.29, 0.717) is 0 Å². The molecule has 0 bridgehead atoms. The van der Waals surface area contributed by atoms with Crippen LogP contribution >= 0.6 is 0 Å². The van der Waals surface area contributed by atoms with E-state index in [1.807, 2.05) is 0 Å². The first-order valence-electron chi connectivity index (χ1n) is 20.3. The van der Waals surface area contributed by atoms with Gasteiger partial charge in [0.1, 0.15) is 11.6 Å². The molecule has 0 aliphatic carbocycles. The Morgan fingerprint density at radius 3 is 1.26 bits per heavy atom. The van der Waals surface area contributed by atoms with Gasteiger partial charge in [0.25, 0.3) is 0 Å². The van der Waals surface area contributed by atoms with Gasteiger partial charge in [0.15, 0.2) is 0 Å². The Balaban J connectivity index is 0.939. The first kappa shape index (κ1) is 35.4. The smallest absolute Gasteiger partial charge is 0.141 e. The van der Waals surface area contributed by atoms with Gasteiger partial charge < -0.3 is 9.13 Å². The van der Waals surface area contributed by atoms with Gasteiger partial charge in [-0.3, -0.25) is 0 Å². The van der Waals surface area contributed by atoms with E-state index in [0.717, 1.165) is 44.8 Å². The zero-order valence-corrected chi connectivity index (χ0v) is 33.3. The van der Waals surface area contributed by atoms with Crippen molar-refractivity contribution in [2.75, 3.05) is 0 Å². The van der Waals surface area contributed by atoms with Crippen LogP contribution in [0.3, 0.4) is 0 Å². The van der Waals surface area contributed by atoms with E-state index in [2.05, 4.69) is 219 Å². The molecule has 10 rings (SSSR count). The SMILES string of the molecule is CC(C)n1c(-c2ccc(-c3ccc4c(-c5ccc(-c6nc7cc(-c8ccccc8)ccc7n6C(C)C)cc5)cccc4c3)cc2)nc2cc(-c3ccccc3)ccc21. The van der Waals surface area contributed by atoms with Gasteiger partial charge in [-0.05, 0) is 113 Å². The fourth-order valence-corrected chi connectivity index (χ4v) is 8.60. The van der Waals surface area contributed by atoms with Crippen molar-refractivity contribution in [3.63, 3.8) is 0 Å².